The fraction of sp³-hybridized carbons (Fsp3) is 0.471. The first-order valence-electron chi connectivity index (χ1n) is 7.24. The van der Waals surface area contributed by atoms with E-state index in [-0.39, 0.29) is 6.10 Å². The summed E-state index contributed by atoms with van der Waals surface area (Å²) >= 11 is 0. The Labute approximate surface area is 122 Å². The molecule has 0 radical (unpaired) electrons. The minimum atomic E-state index is -0.394. The number of hydrogen-bond acceptors (Lipinski definition) is 2. The molecular weight excluding hydrogens is 250 g/mol. The van der Waals surface area contributed by atoms with E-state index >= 15 is 0 Å². The van der Waals surface area contributed by atoms with Crippen LogP contribution < -0.4 is 5.32 Å². The van der Waals surface area contributed by atoms with Gasteiger partial charge in [0, 0.05) is 5.69 Å². The van der Waals surface area contributed by atoms with Crippen molar-refractivity contribution in [2.45, 2.75) is 53.1 Å². The molecule has 0 spiro atoms. The monoisotopic (exact) mass is 275 g/mol. The third-order valence-electron chi connectivity index (χ3n) is 2.98. The lowest BCUT2D eigenvalue weighted by Gasteiger charge is -2.15. The second-order valence-electron chi connectivity index (χ2n) is 5.11. The maximum Gasteiger partial charge on any atom is 0.412 e. The first kappa shape index (κ1) is 16.3. The van der Waals surface area contributed by atoms with Crippen LogP contribution in [0.4, 0.5) is 10.5 Å². The quantitative estimate of drug-likeness (QED) is 0.743. The molecule has 110 valence electrons. The minimum absolute atomic E-state index is 0.147. The number of allylic oxidation sites excluding steroid dienone is 1. The second kappa shape index (κ2) is 8.41. The van der Waals surface area contributed by atoms with Crippen molar-refractivity contribution in [3.8, 4) is 0 Å². The number of nitrogens with one attached hydrogen (secondary N) is 1. The van der Waals surface area contributed by atoms with Crippen LogP contribution in [-0.2, 0) is 4.74 Å². The molecule has 0 fully saturated rings. The Hall–Kier alpha value is -1.77. The van der Waals surface area contributed by atoms with Gasteiger partial charge in [-0.15, -0.1) is 0 Å². The second-order valence-corrected chi connectivity index (χ2v) is 5.11. The molecule has 1 unspecified atom stereocenters. The van der Waals surface area contributed by atoms with E-state index in [2.05, 4.69) is 18.3 Å². The number of anilines is 1. The SMILES string of the molecule is C/C=C/C(CCCC)OC(=O)Nc1cc(C)cc(C)c1. The van der Waals surface area contributed by atoms with Crippen molar-refractivity contribution < 1.29 is 9.53 Å². The summed E-state index contributed by atoms with van der Waals surface area (Å²) in [5.74, 6) is 0. The molecule has 0 aliphatic carbocycles. The van der Waals surface area contributed by atoms with Gasteiger partial charge in [0.1, 0.15) is 6.10 Å². The fourth-order valence-corrected chi connectivity index (χ4v) is 2.15. The van der Waals surface area contributed by atoms with Crippen LogP contribution in [-0.4, -0.2) is 12.2 Å². The molecule has 0 bridgehead atoms. The molecule has 1 aromatic rings. The van der Waals surface area contributed by atoms with E-state index in [1.807, 2.05) is 45.1 Å². The smallest absolute Gasteiger partial charge is 0.412 e. The fourth-order valence-electron chi connectivity index (χ4n) is 2.15. The maximum absolute atomic E-state index is 11.9. The zero-order valence-corrected chi connectivity index (χ0v) is 12.9. The van der Waals surface area contributed by atoms with Gasteiger partial charge < -0.3 is 4.74 Å². The van der Waals surface area contributed by atoms with E-state index in [0.29, 0.717) is 0 Å². The molecule has 0 heterocycles. The van der Waals surface area contributed by atoms with Crippen molar-refractivity contribution in [2.24, 2.45) is 0 Å². The average Bonchev–Trinajstić information content (AvgIpc) is 2.34. The van der Waals surface area contributed by atoms with Crippen molar-refractivity contribution >= 4 is 11.8 Å². The van der Waals surface area contributed by atoms with E-state index in [1.54, 1.807) is 0 Å². The summed E-state index contributed by atoms with van der Waals surface area (Å²) in [6.45, 7) is 8.08. The predicted molar refractivity (Wildman–Crippen MR) is 84.1 cm³/mol. The number of unbranched alkanes of at least 4 members (excludes halogenated alkanes) is 1. The molecule has 3 nitrogen and oxygen atoms in total. The molecule has 0 saturated carbocycles. The van der Waals surface area contributed by atoms with Crippen LogP contribution in [0, 0.1) is 13.8 Å². The third-order valence-corrected chi connectivity index (χ3v) is 2.98. The van der Waals surface area contributed by atoms with Gasteiger partial charge in [0.2, 0.25) is 0 Å². The van der Waals surface area contributed by atoms with Crippen molar-refractivity contribution in [1.29, 1.82) is 0 Å². The highest BCUT2D eigenvalue weighted by molar-refractivity contribution is 5.85. The average molecular weight is 275 g/mol. The van der Waals surface area contributed by atoms with E-state index in [0.717, 1.165) is 36.1 Å². The van der Waals surface area contributed by atoms with Crippen LogP contribution in [0.2, 0.25) is 0 Å². The summed E-state index contributed by atoms with van der Waals surface area (Å²) < 4.78 is 5.44. The summed E-state index contributed by atoms with van der Waals surface area (Å²) in [4.78, 5) is 11.9. The topological polar surface area (TPSA) is 38.3 Å². The molecule has 1 aromatic carbocycles. The molecule has 0 saturated heterocycles. The number of rotatable bonds is 6. The van der Waals surface area contributed by atoms with Crippen LogP contribution in [0.3, 0.4) is 0 Å². The van der Waals surface area contributed by atoms with Crippen molar-refractivity contribution in [2.75, 3.05) is 5.32 Å². The number of amides is 1. The number of aryl methyl sites for hydroxylation is 2. The first-order chi connectivity index (χ1) is 9.55. The molecule has 1 amide bonds. The summed E-state index contributed by atoms with van der Waals surface area (Å²) in [6.07, 6.45) is 6.31. The summed E-state index contributed by atoms with van der Waals surface area (Å²) in [5.41, 5.74) is 3.02. The zero-order chi connectivity index (χ0) is 15.0. The summed E-state index contributed by atoms with van der Waals surface area (Å²) in [6, 6.07) is 5.94. The van der Waals surface area contributed by atoms with Gasteiger partial charge in [0.15, 0.2) is 0 Å². The van der Waals surface area contributed by atoms with Crippen LogP contribution in [0.15, 0.2) is 30.4 Å². The highest BCUT2D eigenvalue weighted by atomic mass is 16.6. The lowest BCUT2D eigenvalue weighted by Crippen LogP contribution is -2.21. The molecule has 20 heavy (non-hydrogen) atoms. The van der Waals surface area contributed by atoms with Gasteiger partial charge in [-0.05, 0) is 62.9 Å². The van der Waals surface area contributed by atoms with E-state index < -0.39 is 6.09 Å². The van der Waals surface area contributed by atoms with Gasteiger partial charge in [-0.2, -0.15) is 0 Å². The van der Waals surface area contributed by atoms with E-state index in [4.69, 9.17) is 4.74 Å². The van der Waals surface area contributed by atoms with Crippen LogP contribution in [0.25, 0.3) is 0 Å². The number of carbonyl (C=O) groups is 1. The van der Waals surface area contributed by atoms with Crippen molar-refractivity contribution in [1.82, 2.24) is 0 Å². The van der Waals surface area contributed by atoms with Gasteiger partial charge in [-0.25, -0.2) is 4.79 Å². The lowest BCUT2D eigenvalue weighted by atomic mass is 10.1. The molecule has 0 aliphatic rings. The zero-order valence-electron chi connectivity index (χ0n) is 12.9. The van der Waals surface area contributed by atoms with E-state index in [1.165, 1.54) is 0 Å². The molecule has 3 heteroatoms. The largest absolute Gasteiger partial charge is 0.442 e. The molecule has 1 rings (SSSR count). The Kier molecular flexibility index (Phi) is 6.85. The Morgan fingerprint density at radius 1 is 1.30 bits per heavy atom. The molecular formula is C17H25NO2. The maximum atomic E-state index is 11.9. The minimum Gasteiger partial charge on any atom is -0.442 e. The van der Waals surface area contributed by atoms with Crippen LogP contribution >= 0.6 is 0 Å². The van der Waals surface area contributed by atoms with Crippen LogP contribution in [0.5, 0.6) is 0 Å². The Bertz CT molecular complexity index is 446. The van der Waals surface area contributed by atoms with Gasteiger partial charge in [-0.3, -0.25) is 5.32 Å². The van der Waals surface area contributed by atoms with Crippen molar-refractivity contribution in [3.05, 3.63) is 41.5 Å². The lowest BCUT2D eigenvalue weighted by molar-refractivity contribution is 0.128. The van der Waals surface area contributed by atoms with Gasteiger partial charge in [0.25, 0.3) is 0 Å². The number of carbonyl (C=O) groups excluding carboxylic acids is 1. The van der Waals surface area contributed by atoms with Crippen LogP contribution in [0.1, 0.15) is 44.2 Å². The van der Waals surface area contributed by atoms with E-state index in [9.17, 15) is 4.79 Å². The molecule has 1 N–H and O–H groups in total. The number of hydrogen-bond donors (Lipinski definition) is 1. The first-order valence-corrected chi connectivity index (χ1v) is 7.24. The molecule has 0 aromatic heterocycles. The Balaban J connectivity index is 2.60. The van der Waals surface area contributed by atoms with Gasteiger partial charge >= 0.3 is 6.09 Å². The highest BCUT2D eigenvalue weighted by Crippen LogP contribution is 2.15. The van der Waals surface area contributed by atoms with Gasteiger partial charge in [0.05, 0.1) is 0 Å². The highest BCUT2D eigenvalue weighted by Gasteiger charge is 2.11. The molecule has 0 aliphatic heterocycles. The van der Waals surface area contributed by atoms with Crippen molar-refractivity contribution in [3.63, 3.8) is 0 Å². The Morgan fingerprint density at radius 2 is 1.95 bits per heavy atom. The van der Waals surface area contributed by atoms with Gasteiger partial charge in [-0.1, -0.05) is 25.5 Å². The number of benzene rings is 1. The number of ether oxygens (including phenoxy) is 1. The third kappa shape index (κ3) is 5.91. The summed E-state index contributed by atoms with van der Waals surface area (Å²) in [7, 11) is 0. The predicted octanol–water partition coefficient (Wildman–Crippen LogP) is 4.99. The standard InChI is InChI=1S/C17H25NO2/c1-5-7-9-16(8-6-2)20-17(19)18-15-11-13(3)10-14(4)12-15/h6,8,10-12,16H,5,7,9H2,1-4H3,(H,18,19)/b8-6+. The Morgan fingerprint density at radius 3 is 2.50 bits per heavy atom. The summed E-state index contributed by atoms with van der Waals surface area (Å²) in [5, 5.41) is 2.79. The normalized spacial score (nSPS) is 12.4. The molecule has 1 atom stereocenters.